The molecule has 1 atom stereocenters. The molecule has 0 radical (unpaired) electrons. The smallest absolute Gasteiger partial charge is 0.306 e. The van der Waals surface area contributed by atoms with Crippen LogP contribution in [0.5, 0.6) is 0 Å². The van der Waals surface area contributed by atoms with E-state index < -0.39 is 6.10 Å². The molecule has 0 saturated heterocycles. The molecule has 0 fully saturated rings. The molecule has 0 aromatic heterocycles. The van der Waals surface area contributed by atoms with E-state index in [1.54, 1.807) is 0 Å². The van der Waals surface area contributed by atoms with Crippen LogP contribution in [0, 0.1) is 0 Å². The van der Waals surface area contributed by atoms with E-state index in [4.69, 9.17) is 14.2 Å². The summed E-state index contributed by atoms with van der Waals surface area (Å²) in [5, 5.41) is 0. The number of hydrogen-bond acceptors (Lipinski definition) is 6. The Bertz CT molecular complexity index is 1190. The fourth-order valence-corrected chi connectivity index (χ4v) is 7.12. The number of ether oxygens (including phenoxy) is 3. The van der Waals surface area contributed by atoms with Gasteiger partial charge in [-0.1, -0.05) is 190 Å². The molecule has 0 aromatic carbocycles. The van der Waals surface area contributed by atoms with Crippen molar-refractivity contribution in [3.05, 3.63) is 72.9 Å². The molecule has 0 aromatic rings. The molecular formula is C57H98O6. The Morgan fingerprint density at radius 1 is 0.317 bits per heavy atom. The van der Waals surface area contributed by atoms with Gasteiger partial charge < -0.3 is 14.2 Å². The number of allylic oxidation sites excluding steroid dienone is 12. The Morgan fingerprint density at radius 3 is 0.968 bits per heavy atom. The Labute approximate surface area is 389 Å². The first kappa shape index (κ1) is 59.9. The summed E-state index contributed by atoms with van der Waals surface area (Å²) in [6.45, 7) is 6.52. The van der Waals surface area contributed by atoms with Gasteiger partial charge in [-0.2, -0.15) is 0 Å². The van der Waals surface area contributed by atoms with E-state index in [2.05, 4.69) is 93.7 Å². The van der Waals surface area contributed by atoms with Gasteiger partial charge in [0.15, 0.2) is 6.10 Å². The van der Waals surface area contributed by atoms with Gasteiger partial charge in [0.1, 0.15) is 13.2 Å². The summed E-state index contributed by atoms with van der Waals surface area (Å²) in [5.74, 6) is -0.951. The summed E-state index contributed by atoms with van der Waals surface area (Å²) in [4.78, 5) is 38.0. The third-order valence-corrected chi connectivity index (χ3v) is 11.2. The SMILES string of the molecule is CCCCC/C=C\C/C=C\C/C=C\CCCCC(=O)OC[C@H](COC(=O)CCCCCCC/C=C\C/C=C\CCCCC)OC(=O)CCCCCCCCC/C=C\CCCCCC. The average molecular weight is 879 g/mol. The normalized spacial score (nSPS) is 12.6. The number of hydrogen-bond donors (Lipinski definition) is 0. The topological polar surface area (TPSA) is 78.9 Å². The van der Waals surface area contributed by atoms with Gasteiger partial charge in [0.25, 0.3) is 0 Å². The number of esters is 3. The highest BCUT2D eigenvalue weighted by atomic mass is 16.6. The van der Waals surface area contributed by atoms with E-state index in [0.29, 0.717) is 19.3 Å². The van der Waals surface area contributed by atoms with Crippen molar-refractivity contribution in [2.45, 2.75) is 258 Å². The van der Waals surface area contributed by atoms with E-state index in [1.165, 1.54) is 116 Å². The first-order valence-corrected chi connectivity index (χ1v) is 26.4. The Morgan fingerprint density at radius 2 is 0.571 bits per heavy atom. The molecule has 0 bridgehead atoms. The van der Waals surface area contributed by atoms with Gasteiger partial charge in [-0.05, 0) is 116 Å². The van der Waals surface area contributed by atoms with Crippen LogP contribution in [0.2, 0.25) is 0 Å². The van der Waals surface area contributed by atoms with Crippen LogP contribution >= 0.6 is 0 Å². The highest BCUT2D eigenvalue weighted by Crippen LogP contribution is 2.14. The van der Waals surface area contributed by atoms with E-state index in [9.17, 15) is 14.4 Å². The van der Waals surface area contributed by atoms with E-state index in [-0.39, 0.29) is 31.1 Å². The summed E-state index contributed by atoms with van der Waals surface area (Å²) in [5.41, 5.74) is 0. The van der Waals surface area contributed by atoms with Crippen molar-refractivity contribution < 1.29 is 28.6 Å². The second-order valence-corrected chi connectivity index (χ2v) is 17.4. The first-order valence-electron chi connectivity index (χ1n) is 26.4. The zero-order valence-corrected chi connectivity index (χ0v) is 41.3. The van der Waals surface area contributed by atoms with Crippen molar-refractivity contribution in [1.29, 1.82) is 0 Å². The van der Waals surface area contributed by atoms with Gasteiger partial charge in [0, 0.05) is 19.3 Å². The minimum atomic E-state index is -0.798. The maximum Gasteiger partial charge on any atom is 0.306 e. The van der Waals surface area contributed by atoms with Gasteiger partial charge in [-0.15, -0.1) is 0 Å². The monoisotopic (exact) mass is 879 g/mol. The maximum atomic E-state index is 12.8. The van der Waals surface area contributed by atoms with Crippen molar-refractivity contribution in [2.75, 3.05) is 13.2 Å². The van der Waals surface area contributed by atoms with Crippen LogP contribution in [0.3, 0.4) is 0 Å². The quantitative estimate of drug-likeness (QED) is 0.0262. The molecule has 63 heavy (non-hydrogen) atoms. The summed E-state index contributed by atoms with van der Waals surface area (Å²) >= 11 is 0. The largest absolute Gasteiger partial charge is 0.462 e. The van der Waals surface area contributed by atoms with Crippen molar-refractivity contribution in [1.82, 2.24) is 0 Å². The van der Waals surface area contributed by atoms with Crippen molar-refractivity contribution in [2.24, 2.45) is 0 Å². The lowest BCUT2D eigenvalue weighted by Gasteiger charge is -2.18. The standard InChI is InChI=1S/C57H98O6/c1-4-7-10-13-16-19-22-25-28-31-34-37-40-43-46-49-55(58)61-52-54(63-57(60)51-48-45-42-39-36-33-30-27-24-21-18-15-12-9-6-3)53-62-56(59)50-47-44-41-38-35-32-29-26-23-20-17-14-11-8-5-2/h16-17,19-21,24-26,28-29,34,37,54H,4-15,18,22-23,27,30-33,35-36,38-53H2,1-3H3/b19-16-,20-17-,24-21-,28-25-,29-26-,37-34-/t54-/m1/s1. The summed E-state index contributed by atoms with van der Waals surface area (Å²) < 4.78 is 16.8. The number of rotatable bonds is 47. The molecule has 0 amide bonds. The molecule has 0 saturated carbocycles. The van der Waals surface area contributed by atoms with Crippen molar-refractivity contribution in [3.63, 3.8) is 0 Å². The molecular weight excluding hydrogens is 781 g/mol. The zero-order chi connectivity index (χ0) is 45.8. The highest BCUT2D eigenvalue weighted by Gasteiger charge is 2.19. The van der Waals surface area contributed by atoms with Gasteiger partial charge in [0.2, 0.25) is 0 Å². The lowest BCUT2D eigenvalue weighted by molar-refractivity contribution is -0.167. The molecule has 0 heterocycles. The van der Waals surface area contributed by atoms with Gasteiger partial charge in [-0.3, -0.25) is 14.4 Å². The molecule has 0 N–H and O–H groups in total. The van der Waals surface area contributed by atoms with Crippen LogP contribution < -0.4 is 0 Å². The number of carbonyl (C=O) groups excluding carboxylic acids is 3. The van der Waals surface area contributed by atoms with Crippen LogP contribution in [0.25, 0.3) is 0 Å². The second-order valence-electron chi connectivity index (χ2n) is 17.4. The average Bonchev–Trinajstić information content (AvgIpc) is 3.28. The summed E-state index contributed by atoms with van der Waals surface area (Å²) in [6.07, 6.45) is 64.5. The van der Waals surface area contributed by atoms with Crippen LogP contribution in [0.1, 0.15) is 252 Å². The van der Waals surface area contributed by atoms with E-state index in [1.807, 2.05) is 0 Å². The van der Waals surface area contributed by atoms with Crippen molar-refractivity contribution >= 4 is 17.9 Å². The predicted octanol–water partition coefficient (Wildman–Crippen LogP) is 17.4. The second kappa shape index (κ2) is 51.5. The molecule has 6 heteroatoms. The Hall–Kier alpha value is -3.15. The number of unbranched alkanes of at least 4 members (excludes halogenated alkanes) is 24. The maximum absolute atomic E-state index is 12.8. The van der Waals surface area contributed by atoms with Gasteiger partial charge >= 0.3 is 17.9 Å². The first-order chi connectivity index (χ1) is 31.0. The minimum Gasteiger partial charge on any atom is -0.462 e. The van der Waals surface area contributed by atoms with E-state index in [0.717, 1.165) is 96.3 Å². The molecule has 6 nitrogen and oxygen atoms in total. The molecule has 0 rings (SSSR count). The van der Waals surface area contributed by atoms with Gasteiger partial charge in [-0.25, -0.2) is 0 Å². The molecule has 0 unspecified atom stereocenters. The lowest BCUT2D eigenvalue weighted by atomic mass is 10.1. The molecule has 0 aliphatic heterocycles. The van der Waals surface area contributed by atoms with Gasteiger partial charge in [0.05, 0.1) is 0 Å². The van der Waals surface area contributed by atoms with Crippen molar-refractivity contribution in [3.8, 4) is 0 Å². The third kappa shape index (κ3) is 49.7. The van der Waals surface area contributed by atoms with Crippen LogP contribution in [0.4, 0.5) is 0 Å². The minimum absolute atomic E-state index is 0.0966. The van der Waals surface area contributed by atoms with Crippen LogP contribution in [0.15, 0.2) is 72.9 Å². The molecule has 0 spiro atoms. The van der Waals surface area contributed by atoms with E-state index >= 15 is 0 Å². The molecule has 0 aliphatic carbocycles. The predicted molar refractivity (Wildman–Crippen MR) is 270 cm³/mol. The van der Waals surface area contributed by atoms with Crippen LogP contribution in [-0.4, -0.2) is 37.2 Å². The highest BCUT2D eigenvalue weighted by molar-refractivity contribution is 5.71. The fraction of sp³-hybridized carbons (Fsp3) is 0.737. The third-order valence-electron chi connectivity index (χ3n) is 11.2. The Balaban J connectivity index is 4.47. The Kier molecular flexibility index (Phi) is 48.9. The summed E-state index contributed by atoms with van der Waals surface area (Å²) in [7, 11) is 0. The zero-order valence-electron chi connectivity index (χ0n) is 41.3. The summed E-state index contributed by atoms with van der Waals surface area (Å²) in [6, 6.07) is 0. The lowest BCUT2D eigenvalue weighted by Crippen LogP contribution is -2.30. The molecule has 0 aliphatic rings. The number of carbonyl (C=O) groups is 3. The fourth-order valence-electron chi connectivity index (χ4n) is 7.12. The molecule has 362 valence electrons. The van der Waals surface area contributed by atoms with Crippen LogP contribution in [-0.2, 0) is 28.6 Å².